The molecule has 0 saturated heterocycles. The second-order valence-corrected chi connectivity index (χ2v) is 4.07. The van der Waals surface area contributed by atoms with Crippen molar-refractivity contribution in [2.24, 2.45) is 5.92 Å². The van der Waals surface area contributed by atoms with Crippen LogP contribution in [0.5, 0.6) is 0 Å². The minimum absolute atomic E-state index is 0.0357. The molecule has 1 atom stereocenters. The van der Waals surface area contributed by atoms with Crippen molar-refractivity contribution in [1.82, 2.24) is 14.9 Å². The molecule has 1 N–H and O–H groups in total. The van der Waals surface area contributed by atoms with Gasteiger partial charge in [-0.3, -0.25) is 9.36 Å². The van der Waals surface area contributed by atoms with Gasteiger partial charge >= 0.3 is 0 Å². The molecular weight excluding hydrogens is 190 g/mol. The summed E-state index contributed by atoms with van der Waals surface area (Å²) in [5.74, 6) is 0.747. The maximum Gasteiger partial charge on any atom is 0.253 e. The van der Waals surface area contributed by atoms with Crippen LogP contribution in [0.3, 0.4) is 0 Å². The average molecular weight is 207 g/mol. The lowest BCUT2D eigenvalue weighted by Gasteiger charge is -2.17. The van der Waals surface area contributed by atoms with Gasteiger partial charge in [-0.2, -0.15) is 0 Å². The molecule has 1 fully saturated rings. The molecule has 1 aromatic rings. The van der Waals surface area contributed by atoms with E-state index in [0.717, 1.165) is 19.0 Å². The topological polar surface area (TPSA) is 46.9 Å². The summed E-state index contributed by atoms with van der Waals surface area (Å²) in [7, 11) is 0. The fraction of sp³-hybridized carbons (Fsp3) is 0.636. The van der Waals surface area contributed by atoms with Crippen LogP contribution in [0, 0.1) is 5.92 Å². The molecule has 1 heterocycles. The predicted octanol–water partition coefficient (Wildman–Crippen LogP) is 0.631. The van der Waals surface area contributed by atoms with Crippen LogP contribution in [-0.2, 0) is 6.54 Å². The molecule has 1 unspecified atom stereocenters. The van der Waals surface area contributed by atoms with Gasteiger partial charge in [0, 0.05) is 24.8 Å². The van der Waals surface area contributed by atoms with Gasteiger partial charge in [0.2, 0.25) is 0 Å². The Morgan fingerprint density at radius 1 is 1.67 bits per heavy atom. The third-order valence-corrected chi connectivity index (χ3v) is 2.84. The number of aromatic nitrogens is 2. The highest BCUT2D eigenvalue weighted by Crippen LogP contribution is 2.33. The van der Waals surface area contributed by atoms with Crippen LogP contribution in [0.15, 0.2) is 23.4 Å². The summed E-state index contributed by atoms with van der Waals surface area (Å²) in [6.45, 7) is 3.79. The van der Waals surface area contributed by atoms with Crippen LogP contribution < -0.4 is 10.9 Å². The molecule has 4 heteroatoms. The second-order valence-electron chi connectivity index (χ2n) is 4.07. The largest absolute Gasteiger partial charge is 0.312 e. The molecule has 1 aliphatic rings. The van der Waals surface area contributed by atoms with Crippen molar-refractivity contribution in [2.75, 3.05) is 6.54 Å². The Morgan fingerprint density at radius 2 is 2.47 bits per heavy atom. The molecule has 2 rings (SSSR count). The lowest BCUT2D eigenvalue weighted by molar-refractivity contribution is 0.408. The van der Waals surface area contributed by atoms with E-state index in [9.17, 15) is 4.79 Å². The predicted molar refractivity (Wildman–Crippen MR) is 58.7 cm³/mol. The fourth-order valence-electron chi connectivity index (χ4n) is 1.87. The molecule has 0 bridgehead atoms. The van der Waals surface area contributed by atoms with Crippen LogP contribution in [0.2, 0.25) is 0 Å². The number of hydrogen-bond donors (Lipinski definition) is 1. The van der Waals surface area contributed by atoms with E-state index in [4.69, 9.17) is 0 Å². The van der Waals surface area contributed by atoms with Gasteiger partial charge in [-0.1, -0.05) is 6.92 Å². The normalized spacial score (nSPS) is 17.7. The van der Waals surface area contributed by atoms with Crippen LogP contribution in [0.4, 0.5) is 0 Å². The Labute approximate surface area is 89.3 Å². The number of hydrogen-bond acceptors (Lipinski definition) is 3. The third kappa shape index (κ3) is 2.65. The zero-order chi connectivity index (χ0) is 10.7. The van der Waals surface area contributed by atoms with Gasteiger partial charge in [0.25, 0.3) is 5.56 Å². The van der Waals surface area contributed by atoms with E-state index in [-0.39, 0.29) is 5.56 Å². The van der Waals surface area contributed by atoms with Crippen molar-refractivity contribution in [1.29, 1.82) is 0 Å². The average Bonchev–Trinajstić information content (AvgIpc) is 3.04. The number of likely N-dealkylation sites (N-methyl/N-ethyl adjacent to an activating group) is 1. The summed E-state index contributed by atoms with van der Waals surface area (Å²) >= 11 is 0. The highest BCUT2D eigenvalue weighted by atomic mass is 16.1. The molecule has 0 radical (unpaired) electrons. The summed E-state index contributed by atoms with van der Waals surface area (Å²) in [5.41, 5.74) is 0.0357. The first-order valence-corrected chi connectivity index (χ1v) is 5.55. The van der Waals surface area contributed by atoms with E-state index >= 15 is 0 Å². The first-order valence-electron chi connectivity index (χ1n) is 5.55. The highest BCUT2D eigenvalue weighted by Gasteiger charge is 2.30. The smallest absolute Gasteiger partial charge is 0.253 e. The standard InChI is InChI=1S/C11H17N3O/c1-2-13-10(9-3-4-9)7-14-8-12-6-5-11(14)15/h5-6,8-10,13H,2-4,7H2,1H3. The molecule has 15 heavy (non-hydrogen) atoms. The Bertz CT molecular complexity index is 370. The molecule has 4 nitrogen and oxygen atoms in total. The molecule has 1 aromatic heterocycles. The van der Waals surface area contributed by atoms with Gasteiger partial charge in [0.15, 0.2) is 0 Å². The van der Waals surface area contributed by atoms with Crippen molar-refractivity contribution < 1.29 is 0 Å². The van der Waals surface area contributed by atoms with Gasteiger partial charge in [-0.05, 0) is 25.3 Å². The van der Waals surface area contributed by atoms with E-state index in [0.29, 0.717) is 6.04 Å². The minimum Gasteiger partial charge on any atom is -0.312 e. The molecule has 0 aromatic carbocycles. The quantitative estimate of drug-likeness (QED) is 0.770. The van der Waals surface area contributed by atoms with E-state index in [1.54, 1.807) is 10.9 Å². The zero-order valence-electron chi connectivity index (χ0n) is 9.02. The Kier molecular flexibility index (Phi) is 3.16. The van der Waals surface area contributed by atoms with E-state index in [1.165, 1.54) is 25.1 Å². The number of nitrogens with one attached hydrogen (secondary N) is 1. The minimum atomic E-state index is 0.0357. The van der Waals surface area contributed by atoms with Gasteiger partial charge < -0.3 is 5.32 Å². The maximum atomic E-state index is 11.5. The molecule has 0 aliphatic heterocycles. The van der Waals surface area contributed by atoms with Gasteiger partial charge in [0.05, 0.1) is 6.33 Å². The SMILES string of the molecule is CCNC(Cn1cnccc1=O)C1CC1. The lowest BCUT2D eigenvalue weighted by atomic mass is 10.2. The molecule has 1 aliphatic carbocycles. The molecule has 1 saturated carbocycles. The van der Waals surface area contributed by atoms with E-state index in [1.807, 2.05) is 0 Å². The van der Waals surface area contributed by atoms with Gasteiger partial charge in [-0.15, -0.1) is 0 Å². The summed E-state index contributed by atoms with van der Waals surface area (Å²) in [6.07, 6.45) is 5.73. The van der Waals surface area contributed by atoms with Crippen molar-refractivity contribution >= 4 is 0 Å². The van der Waals surface area contributed by atoms with Crippen molar-refractivity contribution in [3.63, 3.8) is 0 Å². The first-order chi connectivity index (χ1) is 7.31. The third-order valence-electron chi connectivity index (χ3n) is 2.84. The molecule has 82 valence electrons. The van der Waals surface area contributed by atoms with Crippen LogP contribution >= 0.6 is 0 Å². The second kappa shape index (κ2) is 4.57. The molecular formula is C11H17N3O. The Balaban J connectivity index is 2.05. The van der Waals surface area contributed by atoms with Gasteiger partial charge in [-0.25, -0.2) is 4.98 Å². The highest BCUT2D eigenvalue weighted by molar-refractivity contribution is 4.89. The van der Waals surface area contributed by atoms with Crippen molar-refractivity contribution in [3.05, 3.63) is 28.9 Å². The van der Waals surface area contributed by atoms with E-state index in [2.05, 4.69) is 17.2 Å². The maximum absolute atomic E-state index is 11.5. The number of rotatable bonds is 5. The fourth-order valence-corrected chi connectivity index (χ4v) is 1.87. The van der Waals surface area contributed by atoms with Crippen LogP contribution in [0.25, 0.3) is 0 Å². The van der Waals surface area contributed by atoms with Crippen molar-refractivity contribution in [3.8, 4) is 0 Å². The summed E-state index contributed by atoms with van der Waals surface area (Å²) < 4.78 is 1.69. The van der Waals surface area contributed by atoms with E-state index < -0.39 is 0 Å². The number of nitrogens with zero attached hydrogens (tertiary/aromatic N) is 2. The lowest BCUT2D eigenvalue weighted by Crippen LogP contribution is -2.37. The van der Waals surface area contributed by atoms with Crippen LogP contribution in [-0.4, -0.2) is 22.1 Å². The summed E-state index contributed by atoms with van der Waals surface area (Å²) in [4.78, 5) is 15.5. The Morgan fingerprint density at radius 3 is 3.07 bits per heavy atom. The van der Waals surface area contributed by atoms with Crippen molar-refractivity contribution in [2.45, 2.75) is 32.4 Å². The zero-order valence-corrected chi connectivity index (χ0v) is 9.02. The monoisotopic (exact) mass is 207 g/mol. The Hall–Kier alpha value is -1.16. The first kappa shape index (κ1) is 10.4. The van der Waals surface area contributed by atoms with Gasteiger partial charge in [0.1, 0.15) is 0 Å². The molecule has 0 amide bonds. The summed E-state index contributed by atoms with van der Waals surface area (Å²) in [6, 6.07) is 1.94. The molecule has 0 spiro atoms. The van der Waals surface area contributed by atoms with Crippen LogP contribution in [0.1, 0.15) is 19.8 Å². The summed E-state index contributed by atoms with van der Waals surface area (Å²) in [5, 5.41) is 3.43.